The first-order valence-corrected chi connectivity index (χ1v) is 4.66. The highest BCUT2D eigenvalue weighted by atomic mass is 35.5. The first kappa shape index (κ1) is 10.9. The molecule has 0 atom stereocenters. The molecule has 72 valence electrons. The lowest BCUT2D eigenvalue weighted by Gasteiger charge is -2.15. The molecule has 0 fully saturated rings. The van der Waals surface area contributed by atoms with Crippen molar-refractivity contribution in [2.75, 3.05) is 11.4 Å². The van der Waals surface area contributed by atoms with Crippen molar-refractivity contribution >= 4 is 28.9 Å². The van der Waals surface area contributed by atoms with Crippen molar-refractivity contribution in [3.8, 4) is 6.19 Å². The maximum Gasteiger partial charge on any atom is 0.184 e. The van der Waals surface area contributed by atoms with E-state index in [0.717, 1.165) is 0 Å². The highest BCUT2D eigenvalue weighted by molar-refractivity contribution is 6.33. The molecule has 0 aliphatic carbocycles. The lowest BCUT2D eigenvalue weighted by Crippen LogP contribution is -2.17. The van der Waals surface area contributed by atoms with E-state index in [-0.39, 0.29) is 6.54 Å². The zero-order valence-corrected chi connectivity index (χ0v) is 8.89. The van der Waals surface area contributed by atoms with E-state index in [4.69, 9.17) is 28.5 Å². The molecule has 0 aliphatic rings. The molecule has 0 unspecified atom stereocenters. The second kappa shape index (κ2) is 4.90. The normalized spacial score (nSPS) is 9.21. The smallest absolute Gasteiger partial charge is 0.184 e. The highest BCUT2D eigenvalue weighted by Crippen LogP contribution is 2.25. The summed E-state index contributed by atoms with van der Waals surface area (Å²) in [6.07, 6.45) is 1.99. The molecular weight excluding hydrogens is 219 g/mol. The zero-order valence-electron chi connectivity index (χ0n) is 7.37. The topological polar surface area (TPSA) is 27.0 Å². The van der Waals surface area contributed by atoms with Crippen LogP contribution in [0.25, 0.3) is 0 Å². The third kappa shape index (κ3) is 2.66. The maximum absolute atomic E-state index is 8.87. The van der Waals surface area contributed by atoms with E-state index >= 15 is 0 Å². The van der Waals surface area contributed by atoms with E-state index in [2.05, 4.69) is 6.58 Å². The van der Waals surface area contributed by atoms with Gasteiger partial charge in [0.2, 0.25) is 0 Å². The minimum atomic E-state index is 0.266. The maximum atomic E-state index is 8.87. The van der Waals surface area contributed by atoms with E-state index < -0.39 is 0 Å². The van der Waals surface area contributed by atoms with Crippen LogP contribution in [0.3, 0.4) is 0 Å². The summed E-state index contributed by atoms with van der Waals surface area (Å²) in [6.45, 7) is 3.79. The standard InChI is InChI=1S/C10H8Cl2N2/c1-8(11)6-14(7-13)10-5-3-2-4-9(10)12/h2-5H,1,6H2. The van der Waals surface area contributed by atoms with Crippen molar-refractivity contribution in [2.24, 2.45) is 0 Å². The molecule has 2 nitrogen and oxygen atoms in total. The molecule has 0 bridgehead atoms. The molecule has 0 aromatic heterocycles. The van der Waals surface area contributed by atoms with Crippen LogP contribution in [-0.2, 0) is 0 Å². The summed E-state index contributed by atoms with van der Waals surface area (Å²) < 4.78 is 0. The average molecular weight is 227 g/mol. The summed E-state index contributed by atoms with van der Waals surface area (Å²) in [5.41, 5.74) is 0.637. The summed E-state index contributed by atoms with van der Waals surface area (Å²) in [5, 5.41) is 9.79. The van der Waals surface area contributed by atoms with Gasteiger partial charge in [-0.3, -0.25) is 4.90 Å². The minimum absolute atomic E-state index is 0.266. The Balaban J connectivity index is 2.96. The molecule has 4 heteroatoms. The Hall–Kier alpha value is -1.17. The number of halogens is 2. The number of rotatable bonds is 3. The second-order valence-electron chi connectivity index (χ2n) is 2.65. The van der Waals surface area contributed by atoms with Crippen LogP contribution in [0.15, 0.2) is 35.9 Å². The van der Waals surface area contributed by atoms with Gasteiger partial charge in [0, 0.05) is 5.03 Å². The third-order valence-electron chi connectivity index (χ3n) is 1.59. The predicted octanol–water partition coefficient (Wildman–Crippen LogP) is 3.38. The molecule has 0 aliphatic heterocycles. The quantitative estimate of drug-likeness (QED) is 0.584. The SMILES string of the molecule is C=C(Cl)CN(C#N)c1ccccc1Cl. The zero-order chi connectivity index (χ0) is 10.6. The Morgan fingerprint density at radius 1 is 1.50 bits per heavy atom. The molecule has 0 N–H and O–H groups in total. The number of anilines is 1. The Kier molecular flexibility index (Phi) is 3.82. The van der Waals surface area contributed by atoms with Gasteiger partial charge in [-0.2, -0.15) is 5.26 Å². The fourth-order valence-corrected chi connectivity index (χ4v) is 1.37. The first-order valence-electron chi connectivity index (χ1n) is 3.90. The number of benzene rings is 1. The van der Waals surface area contributed by atoms with Gasteiger partial charge in [-0.25, -0.2) is 0 Å². The van der Waals surface area contributed by atoms with Crippen molar-refractivity contribution in [1.82, 2.24) is 0 Å². The fraction of sp³-hybridized carbons (Fsp3) is 0.100. The van der Waals surface area contributed by atoms with Crippen LogP contribution >= 0.6 is 23.2 Å². The summed E-state index contributed by atoms with van der Waals surface area (Å²) in [6, 6.07) is 7.09. The Morgan fingerprint density at radius 2 is 2.14 bits per heavy atom. The summed E-state index contributed by atoms with van der Waals surface area (Å²) in [5.74, 6) is 0. The molecule has 0 radical (unpaired) electrons. The van der Waals surface area contributed by atoms with Crippen LogP contribution in [0.5, 0.6) is 0 Å². The van der Waals surface area contributed by atoms with E-state index in [9.17, 15) is 0 Å². The number of hydrogen-bond acceptors (Lipinski definition) is 2. The van der Waals surface area contributed by atoms with Gasteiger partial charge >= 0.3 is 0 Å². The molecule has 0 heterocycles. The van der Waals surface area contributed by atoms with E-state index in [1.807, 2.05) is 12.3 Å². The predicted molar refractivity (Wildman–Crippen MR) is 59.4 cm³/mol. The second-order valence-corrected chi connectivity index (χ2v) is 3.60. The number of nitriles is 1. The molecule has 0 amide bonds. The largest absolute Gasteiger partial charge is 0.273 e. The highest BCUT2D eigenvalue weighted by Gasteiger charge is 2.09. The Morgan fingerprint density at radius 3 is 2.64 bits per heavy atom. The van der Waals surface area contributed by atoms with Crippen molar-refractivity contribution in [2.45, 2.75) is 0 Å². The third-order valence-corrected chi connectivity index (χ3v) is 2.03. The minimum Gasteiger partial charge on any atom is -0.273 e. The molecule has 1 aromatic carbocycles. The Labute approximate surface area is 93.0 Å². The van der Waals surface area contributed by atoms with Gasteiger partial charge in [0.1, 0.15) is 0 Å². The number of para-hydroxylation sites is 1. The summed E-state index contributed by atoms with van der Waals surface area (Å²) in [7, 11) is 0. The molecule has 14 heavy (non-hydrogen) atoms. The molecule has 0 saturated heterocycles. The molecule has 0 saturated carbocycles. The molecular formula is C10H8Cl2N2. The van der Waals surface area contributed by atoms with Crippen LogP contribution in [-0.4, -0.2) is 6.54 Å². The van der Waals surface area contributed by atoms with Crippen molar-refractivity contribution in [3.05, 3.63) is 40.9 Å². The van der Waals surface area contributed by atoms with Crippen LogP contribution in [0.1, 0.15) is 0 Å². The molecule has 1 aromatic rings. The van der Waals surface area contributed by atoms with E-state index in [0.29, 0.717) is 15.7 Å². The van der Waals surface area contributed by atoms with Gasteiger partial charge in [-0.15, -0.1) is 0 Å². The van der Waals surface area contributed by atoms with Crippen molar-refractivity contribution < 1.29 is 0 Å². The Bertz CT molecular complexity index is 382. The van der Waals surface area contributed by atoms with Crippen molar-refractivity contribution in [1.29, 1.82) is 5.26 Å². The summed E-state index contributed by atoms with van der Waals surface area (Å²) in [4.78, 5) is 1.39. The fourth-order valence-electron chi connectivity index (χ4n) is 1.02. The number of hydrogen-bond donors (Lipinski definition) is 0. The summed E-state index contributed by atoms with van der Waals surface area (Å²) >= 11 is 11.5. The van der Waals surface area contributed by atoms with Gasteiger partial charge in [-0.05, 0) is 12.1 Å². The molecule has 1 rings (SSSR count). The lowest BCUT2D eigenvalue weighted by molar-refractivity contribution is 1.09. The van der Waals surface area contributed by atoms with Gasteiger partial charge in [0.05, 0.1) is 17.3 Å². The van der Waals surface area contributed by atoms with Crippen LogP contribution in [0.2, 0.25) is 5.02 Å². The molecule has 0 spiro atoms. The van der Waals surface area contributed by atoms with Gasteiger partial charge in [0.15, 0.2) is 6.19 Å². The number of nitrogens with zero attached hydrogens (tertiary/aromatic N) is 2. The monoisotopic (exact) mass is 226 g/mol. The lowest BCUT2D eigenvalue weighted by atomic mass is 10.3. The van der Waals surface area contributed by atoms with Crippen LogP contribution in [0, 0.1) is 11.5 Å². The first-order chi connectivity index (χ1) is 6.65. The van der Waals surface area contributed by atoms with Crippen molar-refractivity contribution in [3.63, 3.8) is 0 Å². The van der Waals surface area contributed by atoms with E-state index in [1.54, 1.807) is 18.2 Å². The van der Waals surface area contributed by atoms with E-state index in [1.165, 1.54) is 4.90 Å². The van der Waals surface area contributed by atoms with Gasteiger partial charge < -0.3 is 0 Å². The average Bonchev–Trinajstić information content (AvgIpc) is 2.15. The van der Waals surface area contributed by atoms with Crippen LogP contribution < -0.4 is 4.90 Å². The van der Waals surface area contributed by atoms with Gasteiger partial charge in [0.25, 0.3) is 0 Å². The van der Waals surface area contributed by atoms with Crippen LogP contribution in [0.4, 0.5) is 5.69 Å². The van der Waals surface area contributed by atoms with Gasteiger partial charge in [-0.1, -0.05) is 41.9 Å².